The third-order valence-electron chi connectivity index (χ3n) is 5.68. The molecule has 0 unspecified atom stereocenters. The Morgan fingerprint density at radius 1 is 1.26 bits per heavy atom. The predicted octanol–water partition coefficient (Wildman–Crippen LogP) is 2.48. The van der Waals surface area contributed by atoms with Crippen LogP contribution in [0.3, 0.4) is 0 Å². The second-order valence-electron chi connectivity index (χ2n) is 7.18. The molecule has 1 N–H and O–H groups in total. The summed E-state index contributed by atoms with van der Waals surface area (Å²) in [5.41, 5.74) is 0.533. The molecule has 3 fully saturated rings. The quantitative estimate of drug-likeness (QED) is 0.931. The predicted molar refractivity (Wildman–Crippen MR) is 84.2 cm³/mol. The van der Waals surface area contributed by atoms with E-state index in [1.54, 1.807) is 12.1 Å². The monoisotopic (exact) mass is 316 g/mol. The number of amides is 2. The Labute approximate surface area is 135 Å². The van der Waals surface area contributed by atoms with Crippen molar-refractivity contribution in [3.8, 4) is 0 Å². The topological polar surface area (TPSA) is 49.4 Å². The summed E-state index contributed by atoms with van der Waals surface area (Å²) in [6.07, 6.45) is 5.05. The highest BCUT2D eigenvalue weighted by atomic mass is 19.1. The summed E-state index contributed by atoms with van der Waals surface area (Å²) in [5.74, 6) is 0.577. The molecule has 3 aliphatic rings. The highest BCUT2D eigenvalue weighted by Crippen LogP contribution is 2.44. The van der Waals surface area contributed by atoms with Crippen molar-refractivity contribution in [1.29, 1.82) is 0 Å². The van der Waals surface area contributed by atoms with Crippen LogP contribution in [0, 0.1) is 23.6 Å². The van der Waals surface area contributed by atoms with Crippen molar-refractivity contribution in [3.63, 3.8) is 0 Å². The normalized spacial score (nSPS) is 32.6. The summed E-state index contributed by atoms with van der Waals surface area (Å²) in [7, 11) is 0. The first kappa shape index (κ1) is 14.7. The molecule has 1 aliphatic heterocycles. The zero-order chi connectivity index (χ0) is 16.0. The summed E-state index contributed by atoms with van der Waals surface area (Å²) in [5, 5.41) is 3.16. The molecular weight excluding hydrogens is 295 g/mol. The zero-order valence-corrected chi connectivity index (χ0v) is 13.0. The van der Waals surface area contributed by atoms with Crippen LogP contribution in [0.25, 0.3) is 0 Å². The van der Waals surface area contributed by atoms with Gasteiger partial charge in [-0.25, -0.2) is 4.39 Å². The highest BCUT2D eigenvalue weighted by molar-refractivity contribution is 6.00. The van der Waals surface area contributed by atoms with Gasteiger partial charge in [-0.1, -0.05) is 12.5 Å². The summed E-state index contributed by atoms with van der Waals surface area (Å²) in [6.45, 7) is 0.342. The number of anilines is 1. The lowest BCUT2D eigenvalue weighted by atomic mass is 9.94. The van der Waals surface area contributed by atoms with Crippen LogP contribution in [-0.2, 0) is 9.59 Å². The minimum atomic E-state index is -0.370. The summed E-state index contributed by atoms with van der Waals surface area (Å²) in [4.78, 5) is 26.2. The number of nitrogens with zero attached hydrogens (tertiary/aromatic N) is 1. The number of hydrogen-bond acceptors (Lipinski definition) is 2. The Bertz CT molecular complexity index is 648. The van der Waals surface area contributed by atoms with Gasteiger partial charge in [-0.05, 0) is 49.3 Å². The Balaban J connectivity index is 1.41. The lowest BCUT2D eigenvalue weighted by molar-refractivity contribution is -0.127. The van der Waals surface area contributed by atoms with Gasteiger partial charge in [0.1, 0.15) is 5.82 Å². The molecule has 1 heterocycles. The van der Waals surface area contributed by atoms with Gasteiger partial charge in [-0.2, -0.15) is 0 Å². The summed E-state index contributed by atoms with van der Waals surface area (Å²) < 4.78 is 13.3. The summed E-state index contributed by atoms with van der Waals surface area (Å²) >= 11 is 0. The third-order valence-corrected chi connectivity index (χ3v) is 5.68. The Morgan fingerprint density at radius 2 is 2.13 bits per heavy atom. The van der Waals surface area contributed by atoms with Gasteiger partial charge in [0.15, 0.2) is 0 Å². The van der Waals surface area contributed by atoms with Crippen molar-refractivity contribution in [2.75, 3.05) is 11.4 Å². The molecule has 0 radical (unpaired) electrons. The van der Waals surface area contributed by atoms with E-state index in [-0.39, 0.29) is 30.0 Å². The van der Waals surface area contributed by atoms with Crippen LogP contribution in [0.1, 0.15) is 32.1 Å². The Morgan fingerprint density at radius 3 is 2.83 bits per heavy atom. The van der Waals surface area contributed by atoms with Crippen LogP contribution in [0.5, 0.6) is 0 Å². The van der Waals surface area contributed by atoms with E-state index in [9.17, 15) is 14.0 Å². The number of halogens is 1. The molecule has 122 valence electrons. The molecule has 1 aromatic carbocycles. The van der Waals surface area contributed by atoms with E-state index >= 15 is 0 Å². The lowest BCUT2D eigenvalue weighted by Gasteiger charge is -2.24. The highest BCUT2D eigenvalue weighted by Gasteiger charge is 2.42. The molecular formula is C18H21FN2O2. The minimum Gasteiger partial charge on any atom is -0.353 e. The molecule has 1 aromatic rings. The molecule has 0 spiro atoms. The van der Waals surface area contributed by atoms with Crippen LogP contribution >= 0.6 is 0 Å². The van der Waals surface area contributed by atoms with Gasteiger partial charge in [0.25, 0.3) is 0 Å². The number of rotatable bonds is 3. The average molecular weight is 316 g/mol. The molecule has 2 bridgehead atoms. The van der Waals surface area contributed by atoms with E-state index in [1.165, 1.54) is 36.3 Å². The molecule has 0 aromatic heterocycles. The maximum atomic E-state index is 13.3. The Kier molecular flexibility index (Phi) is 3.58. The van der Waals surface area contributed by atoms with Gasteiger partial charge in [0, 0.05) is 24.7 Å². The van der Waals surface area contributed by atoms with Gasteiger partial charge < -0.3 is 10.2 Å². The van der Waals surface area contributed by atoms with Crippen molar-refractivity contribution in [1.82, 2.24) is 5.32 Å². The number of fused-ring (bicyclic) bond motifs is 2. The molecule has 4 nitrogen and oxygen atoms in total. The van der Waals surface area contributed by atoms with Crippen LogP contribution < -0.4 is 10.2 Å². The first-order chi connectivity index (χ1) is 11.1. The van der Waals surface area contributed by atoms with E-state index in [4.69, 9.17) is 0 Å². The van der Waals surface area contributed by atoms with Gasteiger partial charge in [-0.15, -0.1) is 0 Å². The largest absolute Gasteiger partial charge is 0.353 e. The fourth-order valence-electron chi connectivity index (χ4n) is 4.50. The Hall–Kier alpha value is -1.91. The van der Waals surface area contributed by atoms with E-state index < -0.39 is 0 Å². The molecule has 4 atom stereocenters. The molecule has 23 heavy (non-hydrogen) atoms. The van der Waals surface area contributed by atoms with Crippen molar-refractivity contribution in [3.05, 3.63) is 30.1 Å². The van der Waals surface area contributed by atoms with Crippen molar-refractivity contribution < 1.29 is 14.0 Å². The first-order valence-electron chi connectivity index (χ1n) is 8.46. The number of benzene rings is 1. The fraction of sp³-hybridized carbons (Fsp3) is 0.556. The lowest BCUT2D eigenvalue weighted by Crippen LogP contribution is -2.42. The molecule has 5 heteroatoms. The van der Waals surface area contributed by atoms with Gasteiger partial charge in [-0.3, -0.25) is 9.59 Å². The standard InChI is InChI=1S/C18H21FN2O2/c19-14-2-1-3-15(9-14)21-10-13(8-17(21)22)18(23)20-16-7-11-4-5-12(16)6-11/h1-3,9,11-13,16H,4-8,10H2,(H,20,23)/t11-,12-,13+,16+/m0/s1. The van der Waals surface area contributed by atoms with Crippen molar-refractivity contribution >= 4 is 17.5 Å². The van der Waals surface area contributed by atoms with Gasteiger partial charge in [0.05, 0.1) is 5.92 Å². The van der Waals surface area contributed by atoms with Crippen LogP contribution in [-0.4, -0.2) is 24.4 Å². The second-order valence-corrected chi connectivity index (χ2v) is 7.18. The first-order valence-corrected chi connectivity index (χ1v) is 8.46. The smallest absolute Gasteiger partial charge is 0.227 e. The molecule has 1 saturated heterocycles. The second kappa shape index (κ2) is 5.62. The van der Waals surface area contributed by atoms with Crippen LogP contribution in [0.4, 0.5) is 10.1 Å². The number of carbonyl (C=O) groups is 2. The molecule has 4 rings (SSSR count). The van der Waals surface area contributed by atoms with Crippen molar-refractivity contribution in [2.45, 2.75) is 38.1 Å². The maximum Gasteiger partial charge on any atom is 0.227 e. The fourth-order valence-corrected chi connectivity index (χ4v) is 4.50. The molecule has 2 aliphatic carbocycles. The minimum absolute atomic E-state index is 0.0187. The van der Waals surface area contributed by atoms with Gasteiger partial charge in [0.2, 0.25) is 11.8 Å². The van der Waals surface area contributed by atoms with Crippen LogP contribution in [0.15, 0.2) is 24.3 Å². The number of carbonyl (C=O) groups excluding carboxylic acids is 2. The van der Waals surface area contributed by atoms with Crippen LogP contribution in [0.2, 0.25) is 0 Å². The van der Waals surface area contributed by atoms with Crippen molar-refractivity contribution in [2.24, 2.45) is 17.8 Å². The number of hydrogen-bond donors (Lipinski definition) is 1. The maximum absolute atomic E-state index is 13.3. The van der Waals surface area contributed by atoms with E-state index in [0.29, 0.717) is 24.2 Å². The molecule has 2 amide bonds. The average Bonchev–Trinajstić information content (AvgIpc) is 3.22. The number of nitrogens with one attached hydrogen (secondary N) is 1. The van der Waals surface area contributed by atoms with E-state index in [0.717, 1.165) is 12.3 Å². The van der Waals surface area contributed by atoms with E-state index in [2.05, 4.69) is 5.32 Å². The third kappa shape index (κ3) is 2.73. The van der Waals surface area contributed by atoms with Gasteiger partial charge >= 0.3 is 0 Å². The zero-order valence-electron chi connectivity index (χ0n) is 13.0. The molecule has 2 saturated carbocycles. The SMILES string of the molecule is O=C(N[C@@H]1C[C@H]2CC[C@H]1C2)[C@@H]1CC(=O)N(c2cccc(F)c2)C1. The summed E-state index contributed by atoms with van der Waals surface area (Å²) in [6, 6.07) is 6.27. The van der Waals surface area contributed by atoms with E-state index in [1.807, 2.05) is 0 Å².